The lowest BCUT2D eigenvalue weighted by Gasteiger charge is -2.09. The van der Waals surface area contributed by atoms with Gasteiger partial charge in [-0.25, -0.2) is 0 Å². The van der Waals surface area contributed by atoms with E-state index in [-0.39, 0.29) is 0 Å². The molecule has 0 aliphatic heterocycles. The van der Waals surface area contributed by atoms with Crippen LogP contribution >= 0.6 is 35.2 Å². The summed E-state index contributed by atoms with van der Waals surface area (Å²) in [5.74, 6) is 1.37. The first-order chi connectivity index (χ1) is 9.70. The summed E-state index contributed by atoms with van der Waals surface area (Å²) in [5, 5.41) is 9.68. The lowest BCUT2D eigenvalue weighted by Crippen LogP contribution is -1.97. The van der Waals surface area contributed by atoms with Gasteiger partial charge in [-0.05, 0) is 35.8 Å². The number of methoxy groups -OCH3 is 1. The number of ether oxygens (including phenoxy) is 1. The maximum absolute atomic E-state index is 6.06. The molecular weight excluding hydrogens is 314 g/mol. The number of H-pyrrole nitrogens is 1. The Bertz CT molecular complexity index is 792. The van der Waals surface area contributed by atoms with Crippen molar-refractivity contribution in [2.45, 2.75) is 0 Å². The van der Waals surface area contributed by atoms with Crippen LogP contribution in [-0.4, -0.2) is 21.9 Å². The largest absolute Gasteiger partial charge is 0.495 e. The zero-order chi connectivity index (χ0) is 14.1. The van der Waals surface area contributed by atoms with Gasteiger partial charge in [0.05, 0.1) is 22.7 Å². The van der Waals surface area contributed by atoms with E-state index in [1.807, 2.05) is 34.2 Å². The van der Waals surface area contributed by atoms with E-state index in [9.17, 15) is 0 Å². The molecule has 0 amide bonds. The lowest BCUT2D eigenvalue weighted by molar-refractivity contribution is 0.415. The molecule has 7 heteroatoms. The van der Waals surface area contributed by atoms with Gasteiger partial charge in [0.25, 0.3) is 0 Å². The van der Waals surface area contributed by atoms with Gasteiger partial charge in [-0.1, -0.05) is 17.7 Å². The monoisotopic (exact) mass is 323 g/mol. The van der Waals surface area contributed by atoms with Crippen molar-refractivity contribution >= 4 is 35.2 Å². The highest BCUT2D eigenvalue weighted by atomic mass is 35.5. The van der Waals surface area contributed by atoms with Gasteiger partial charge in [0.1, 0.15) is 5.75 Å². The quantitative estimate of drug-likeness (QED) is 0.730. The second-order valence-electron chi connectivity index (χ2n) is 3.98. The Labute approximate surface area is 129 Å². The van der Waals surface area contributed by atoms with E-state index < -0.39 is 0 Å². The Balaban J connectivity index is 2.20. The number of aromatic amines is 1. The molecule has 4 nitrogen and oxygen atoms in total. The lowest BCUT2D eigenvalue weighted by atomic mass is 10.3. The fourth-order valence-electron chi connectivity index (χ4n) is 1.90. The number of thiophene rings is 1. The molecule has 3 aromatic rings. The third-order valence-corrected chi connectivity index (χ3v) is 4.26. The Morgan fingerprint density at radius 1 is 1.40 bits per heavy atom. The van der Waals surface area contributed by atoms with E-state index >= 15 is 0 Å². The van der Waals surface area contributed by atoms with Crippen molar-refractivity contribution in [2.24, 2.45) is 0 Å². The average molecular weight is 324 g/mol. The molecule has 0 radical (unpaired) electrons. The molecule has 0 aliphatic rings. The summed E-state index contributed by atoms with van der Waals surface area (Å²) in [4.78, 5) is 1.03. The van der Waals surface area contributed by atoms with E-state index in [4.69, 9.17) is 28.6 Å². The SMILES string of the molecule is COc1cc(-n2c(-c3cccs3)n[nH]c2=S)ccc1Cl. The molecule has 0 bridgehead atoms. The summed E-state index contributed by atoms with van der Waals surface area (Å²) >= 11 is 13.0. The summed E-state index contributed by atoms with van der Waals surface area (Å²) in [6, 6.07) is 9.48. The molecule has 0 atom stereocenters. The molecule has 1 N–H and O–H groups in total. The fraction of sp³-hybridized carbons (Fsp3) is 0.0769. The number of hydrogen-bond donors (Lipinski definition) is 1. The Hall–Kier alpha value is -1.63. The van der Waals surface area contributed by atoms with Gasteiger partial charge < -0.3 is 4.74 Å². The van der Waals surface area contributed by atoms with Gasteiger partial charge in [-0.3, -0.25) is 9.67 Å². The molecule has 102 valence electrons. The number of aromatic nitrogens is 3. The summed E-state index contributed by atoms with van der Waals surface area (Å²) in [5.41, 5.74) is 0.855. The second-order valence-corrected chi connectivity index (χ2v) is 5.73. The van der Waals surface area contributed by atoms with Gasteiger partial charge in [-0.15, -0.1) is 11.3 Å². The summed E-state index contributed by atoms with van der Waals surface area (Å²) in [6.07, 6.45) is 0. The predicted octanol–water partition coefficient (Wildman–Crippen LogP) is 4.32. The van der Waals surface area contributed by atoms with Crippen molar-refractivity contribution in [1.82, 2.24) is 14.8 Å². The van der Waals surface area contributed by atoms with E-state index in [1.54, 1.807) is 24.5 Å². The van der Waals surface area contributed by atoms with Crippen LogP contribution in [0.15, 0.2) is 35.7 Å². The van der Waals surface area contributed by atoms with Crippen LogP contribution in [0.1, 0.15) is 0 Å². The fourth-order valence-corrected chi connectivity index (χ4v) is 3.03. The first kappa shape index (κ1) is 13.4. The van der Waals surface area contributed by atoms with E-state index in [0.717, 1.165) is 16.4 Å². The number of nitrogens with one attached hydrogen (secondary N) is 1. The average Bonchev–Trinajstić information content (AvgIpc) is 3.08. The van der Waals surface area contributed by atoms with Crippen molar-refractivity contribution in [1.29, 1.82) is 0 Å². The van der Waals surface area contributed by atoms with E-state index in [2.05, 4.69) is 10.2 Å². The van der Waals surface area contributed by atoms with Crippen LogP contribution in [0.2, 0.25) is 5.02 Å². The standard InChI is InChI=1S/C13H10ClN3OS2/c1-18-10-7-8(4-5-9(10)14)17-12(15-16-13(17)19)11-3-2-6-20-11/h2-7H,1H3,(H,16,19). The van der Waals surface area contributed by atoms with Gasteiger partial charge in [0.2, 0.25) is 0 Å². The van der Waals surface area contributed by atoms with E-state index in [0.29, 0.717) is 15.5 Å². The van der Waals surface area contributed by atoms with Crippen molar-refractivity contribution in [3.05, 3.63) is 45.5 Å². The smallest absolute Gasteiger partial charge is 0.200 e. The second kappa shape index (κ2) is 5.40. The maximum atomic E-state index is 6.06. The van der Waals surface area contributed by atoms with Gasteiger partial charge in [0, 0.05) is 6.07 Å². The van der Waals surface area contributed by atoms with Crippen molar-refractivity contribution in [3.8, 4) is 22.1 Å². The van der Waals surface area contributed by atoms with E-state index in [1.165, 1.54) is 0 Å². The number of nitrogens with zero attached hydrogens (tertiary/aromatic N) is 2. The molecular formula is C13H10ClN3OS2. The highest BCUT2D eigenvalue weighted by molar-refractivity contribution is 7.71. The minimum absolute atomic E-state index is 0.526. The third-order valence-electron chi connectivity index (χ3n) is 2.81. The Morgan fingerprint density at radius 2 is 2.25 bits per heavy atom. The molecule has 0 fully saturated rings. The molecule has 0 saturated heterocycles. The zero-order valence-electron chi connectivity index (χ0n) is 10.5. The molecule has 20 heavy (non-hydrogen) atoms. The van der Waals surface area contributed by atoms with Crippen molar-refractivity contribution < 1.29 is 4.74 Å². The Morgan fingerprint density at radius 3 is 2.95 bits per heavy atom. The van der Waals surface area contributed by atoms with Crippen molar-refractivity contribution in [2.75, 3.05) is 7.11 Å². The zero-order valence-corrected chi connectivity index (χ0v) is 12.9. The highest BCUT2D eigenvalue weighted by Gasteiger charge is 2.13. The number of benzene rings is 1. The van der Waals surface area contributed by atoms with Gasteiger partial charge in [0.15, 0.2) is 10.6 Å². The summed E-state index contributed by atoms with van der Waals surface area (Å²) < 4.78 is 7.63. The molecule has 0 unspecified atom stereocenters. The molecule has 0 spiro atoms. The molecule has 0 aliphatic carbocycles. The van der Waals surface area contributed by atoms with Crippen LogP contribution < -0.4 is 4.74 Å². The molecule has 3 rings (SSSR count). The molecule has 0 saturated carbocycles. The molecule has 2 aromatic heterocycles. The minimum atomic E-state index is 0.526. The summed E-state index contributed by atoms with van der Waals surface area (Å²) in [7, 11) is 1.58. The van der Waals surface area contributed by atoms with Crippen LogP contribution in [0, 0.1) is 4.77 Å². The van der Waals surface area contributed by atoms with Gasteiger partial charge in [-0.2, -0.15) is 5.10 Å². The summed E-state index contributed by atoms with van der Waals surface area (Å²) in [6.45, 7) is 0. The highest BCUT2D eigenvalue weighted by Crippen LogP contribution is 2.30. The molecule has 2 heterocycles. The van der Waals surface area contributed by atoms with Crippen LogP contribution in [0.3, 0.4) is 0 Å². The Kier molecular flexibility index (Phi) is 3.60. The van der Waals surface area contributed by atoms with Crippen molar-refractivity contribution in [3.63, 3.8) is 0 Å². The normalized spacial score (nSPS) is 10.7. The maximum Gasteiger partial charge on any atom is 0.200 e. The van der Waals surface area contributed by atoms with Crippen LogP contribution in [-0.2, 0) is 0 Å². The van der Waals surface area contributed by atoms with Crippen LogP contribution in [0.4, 0.5) is 0 Å². The third kappa shape index (κ3) is 2.26. The molecule has 1 aromatic carbocycles. The first-order valence-corrected chi connectivity index (χ1v) is 7.42. The number of halogens is 1. The van der Waals surface area contributed by atoms with Gasteiger partial charge >= 0.3 is 0 Å². The predicted molar refractivity (Wildman–Crippen MR) is 83.6 cm³/mol. The minimum Gasteiger partial charge on any atom is -0.495 e. The number of hydrogen-bond acceptors (Lipinski definition) is 4. The first-order valence-electron chi connectivity index (χ1n) is 5.76. The van der Waals surface area contributed by atoms with Crippen LogP contribution in [0.5, 0.6) is 5.75 Å². The topological polar surface area (TPSA) is 42.8 Å². The number of rotatable bonds is 3. The van der Waals surface area contributed by atoms with Crippen LogP contribution in [0.25, 0.3) is 16.4 Å².